The third-order valence-corrected chi connectivity index (χ3v) is 3.32. The molecule has 0 aliphatic carbocycles. The summed E-state index contributed by atoms with van der Waals surface area (Å²) in [7, 11) is 0. The van der Waals surface area contributed by atoms with Gasteiger partial charge in [-0.25, -0.2) is 4.39 Å². The van der Waals surface area contributed by atoms with Gasteiger partial charge in [-0.15, -0.1) is 0 Å². The second kappa shape index (κ2) is 4.49. The van der Waals surface area contributed by atoms with E-state index in [4.69, 9.17) is 0 Å². The molecule has 1 aromatic carbocycles. The molecule has 1 saturated heterocycles. The highest BCUT2D eigenvalue weighted by atomic mass is 79.9. The van der Waals surface area contributed by atoms with Crippen molar-refractivity contribution in [2.24, 2.45) is 0 Å². The lowest BCUT2D eigenvalue weighted by Crippen LogP contribution is -2.44. The summed E-state index contributed by atoms with van der Waals surface area (Å²) in [6, 6.07) is 3.71. The Bertz CT molecular complexity index is 362. The molecular formula is C11H14BrFN2. The highest BCUT2D eigenvalue weighted by Gasteiger charge is 2.18. The van der Waals surface area contributed by atoms with Crippen LogP contribution in [0.4, 0.5) is 10.1 Å². The van der Waals surface area contributed by atoms with E-state index in [9.17, 15) is 4.39 Å². The van der Waals surface area contributed by atoms with E-state index in [1.54, 1.807) is 6.07 Å². The molecule has 4 heteroatoms. The number of halogens is 2. The minimum atomic E-state index is -0.142. The smallest absolute Gasteiger partial charge is 0.160 e. The first kappa shape index (κ1) is 10.9. The maximum Gasteiger partial charge on any atom is 0.160 e. The number of anilines is 1. The van der Waals surface area contributed by atoms with E-state index in [2.05, 4.69) is 26.1 Å². The van der Waals surface area contributed by atoms with E-state index in [-0.39, 0.29) is 5.82 Å². The molecule has 0 unspecified atom stereocenters. The topological polar surface area (TPSA) is 15.3 Å². The highest BCUT2D eigenvalue weighted by molar-refractivity contribution is 9.10. The second-order valence-electron chi connectivity index (χ2n) is 3.76. The molecule has 1 fully saturated rings. The molecule has 0 spiro atoms. The number of hydrogen-bond acceptors (Lipinski definition) is 2. The number of nitrogens with one attached hydrogen (secondary N) is 1. The molecule has 2 rings (SSSR count). The Morgan fingerprint density at radius 1 is 1.33 bits per heavy atom. The third-order valence-electron chi connectivity index (χ3n) is 2.70. The summed E-state index contributed by atoms with van der Waals surface area (Å²) in [5, 5.41) is 3.26. The van der Waals surface area contributed by atoms with Crippen LogP contribution in [0.5, 0.6) is 0 Å². The monoisotopic (exact) mass is 272 g/mol. The van der Waals surface area contributed by atoms with Crippen molar-refractivity contribution in [2.45, 2.75) is 6.92 Å². The lowest BCUT2D eigenvalue weighted by Gasteiger charge is -2.31. The summed E-state index contributed by atoms with van der Waals surface area (Å²) in [5.74, 6) is -0.142. The van der Waals surface area contributed by atoms with Crippen molar-refractivity contribution in [3.8, 4) is 0 Å². The zero-order valence-corrected chi connectivity index (χ0v) is 10.3. The fourth-order valence-electron chi connectivity index (χ4n) is 1.91. The summed E-state index contributed by atoms with van der Waals surface area (Å²) in [6.07, 6.45) is 0. The molecule has 82 valence electrons. The van der Waals surface area contributed by atoms with E-state index < -0.39 is 0 Å². The lowest BCUT2D eigenvalue weighted by atomic mass is 10.1. The van der Waals surface area contributed by atoms with Gasteiger partial charge in [-0.3, -0.25) is 0 Å². The summed E-state index contributed by atoms with van der Waals surface area (Å²) >= 11 is 3.23. The van der Waals surface area contributed by atoms with Crippen LogP contribution in [0, 0.1) is 12.7 Å². The van der Waals surface area contributed by atoms with Gasteiger partial charge in [-0.05, 0) is 34.5 Å². The van der Waals surface area contributed by atoms with Crippen molar-refractivity contribution >= 4 is 21.6 Å². The Balaban J connectivity index is 2.36. The molecule has 1 aliphatic rings. The van der Waals surface area contributed by atoms with Crippen LogP contribution < -0.4 is 10.2 Å². The molecule has 15 heavy (non-hydrogen) atoms. The molecule has 1 heterocycles. The fourth-order valence-corrected chi connectivity index (χ4v) is 2.23. The minimum Gasteiger partial charge on any atom is -0.366 e. The Morgan fingerprint density at radius 3 is 2.67 bits per heavy atom. The van der Waals surface area contributed by atoms with Gasteiger partial charge in [0, 0.05) is 26.2 Å². The van der Waals surface area contributed by atoms with Gasteiger partial charge >= 0.3 is 0 Å². The predicted octanol–water partition coefficient (Wildman–Crippen LogP) is 2.31. The number of nitrogens with zero attached hydrogens (tertiary/aromatic N) is 1. The van der Waals surface area contributed by atoms with E-state index in [1.807, 2.05) is 13.0 Å². The zero-order valence-electron chi connectivity index (χ0n) is 8.69. The van der Waals surface area contributed by atoms with Gasteiger partial charge in [0.25, 0.3) is 0 Å². The molecule has 0 saturated carbocycles. The van der Waals surface area contributed by atoms with Crippen molar-refractivity contribution in [2.75, 3.05) is 31.1 Å². The second-order valence-corrected chi connectivity index (χ2v) is 4.62. The van der Waals surface area contributed by atoms with Crippen LogP contribution in [0.25, 0.3) is 0 Å². The predicted molar refractivity (Wildman–Crippen MR) is 63.9 cm³/mol. The summed E-state index contributed by atoms with van der Waals surface area (Å²) in [5.41, 5.74) is 1.74. The van der Waals surface area contributed by atoms with Gasteiger partial charge in [0.05, 0.1) is 10.2 Å². The van der Waals surface area contributed by atoms with Crippen LogP contribution in [0.1, 0.15) is 5.56 Å². The molecule has 0 bridgehead atoms. The quantitative estimate of drug-likeness (QED) is 0.844. The third kappa shape index (κ3) is 2.16. The molecule has 0 atom stereocenters. The maximum atomic E-state index is 13.9. The van der Waals surface area contributed by atoms with E-state index in [0.29, 0.717) is 4.47 Å². The maximum absolute atomic E-state index is 13.9. The van der Waals surface area contributed by atoms with Gasteiger partial charge in [-0.2, -0.15) is 0 Å². The van der Waals surface area contributed by atoms with Crippen molar-refractivity contribution < 1.29 is 4.39 Å². The van der Waals surface area contributed by atoms with Crippen molar-refractivity contribution in [3.05, 3.63) is 28.0 Å². The van der Waals surface area contributed by atoms with Crippen molar-refractivity contribution in [1.82, 2.24) is 5.32 Å². The molecule has 0 radical (unpaired) electrons. The summed E-state index contributed by atoms with van der Waals surface area (Å²) in [4.78, 5) is 2.10. The van der Waals surface area contributed by atoms with Gasteiger partial charge in [0.15, 0.2) is 5.82 Å². The van der Waals surface area contributed by atoms with Gasteiger partial charge < -0.3 is 10.2 Å². The molecule has 1 N–H and O–H groups in total. The Hall–Kier alpha value is -0.610. The minimum absolute atomic E-state index is 0.142. The number of piperazine rings is 1. The molecular weight excluding hydrogens is 259 g/mol. The fraction of sp³-hybridized carbons (Fsp3) is 0.455. The Kier molecular flexibility index (Phi) is 3.26. The van der Waals surface area contributed by atoms with Crippen LogP contribution in [0.3, 0.4) is 0 Å². The van der Waals surface area contributed by atoms with Gasteiger partial charge in [-0.1, -0.05) is 6.07 Å². The number of aryl methyl sites for hydroxylation is 1. The largest absolute Gasteiger partial charge is 0.366 e. The molecule has 2 nitrogen and oxygen atoms in total. The average Bonchev–Trinajstić information content (AvgIpc) is 2.26. The number of rotatable bonds is 1. The van der Waals surface area contributed by atoms with Crippen molar-refractivity contribution in [1.29, 1.82) is 0 Å². The van der Waals surface area contributed by atoms with Crippen LogP contribution in [-0.4, -0.2) is 26.2 Å². The Morgan fingerprint density at radius 2 is 2.00 bits per heavy atom. The highest BCUT2D eigenvalue weighted by Crippen LogP contribution is 2.29. The van der Waals surface area contributed by atoms with Gasteiger partial charge in [0.2, 0.25) is 0 Å². The van der Waals surface area contributed by atoms with Crippen LogP contribution in [0.2, 0.25) is 0 Å². The van der Waals surface area contributed by atoms with Crippen LogP contribution in [0.15, 0.2) is 16.6 Å². The molecule has 1 aromatic rings. The Labute approximate surface area is 97.6 Å². The standard InChI is InChI=1S/C11H14BrFN2/c1-8-2-3-9(12)10(13)11(8)15-6-4-14-5-7-15/h2-3,14H,4-7H2,1H3. The average molecular weight is 273 g/mol. The number of benzene rings is 1. The van der Waals surface area contributed by atoms with Crippen LogP contribution >= 0.6 is 15.9 Å². The van der Waals surface area contributed by atoms with E-state index in [1.165, 1.54) is 0 Å². The summed E-state index contributed by atoms with van der Waals surface area (Å²) in [6.45, 7) is 5.53. The zero-order chi connectivity index (χ0) is 10.8. The molecule has 0 amide bonds. The normalized spacial score (nSPS) is 16.9. The van der Waals surface area contributed by atoms with Crippen molar-refractivity contribution in [3.63, 3.8) is 0 Å². The first-order valence-electron chi connectivity index (χ1n) is 5.10. The van der Waals surface area contributed by atoms with E-state index >= 15 is 0 Å². The SMILES string of the molecule is Cc1ccc(Br)c(F)c1N1CCNCC1. The van der Waals surface area contributed by atoms with Crippen LogP contribution in [-0.2, 0) is 0 Å². The molecule has 0 aromatic heterocycles. The number of hydrogen-bond donors (Lipinski definition) is 1. The lowest BCUT2D eigenvalue weighted by molar-refractivity contribution is 0.563. The van der Waals surface area contributed by atoms with E-state index in [0.717, 1.165) is 37.4 Å². The molecule has 1 aliphatic heterocycles. The summed E-state index contributed by atoms with van der Waals surface area (Å²) < 4.78 is 14.5. The first-order chi connectivity index (χ1) is 7.20. The first-order valence-corrected chi connectivity index (χ1v) is 5.89. The van der Waals surface area contributed by atoms with Gasteiger partial charge in [0.1, 0.15) is 0 Å².